The second kappa shape index (κ2) is 8.85. The molecule has 1 aliphatic heterocycles. The van der Waals surface area contributed by atoms with Crippen molar-refractivity contribution in [2.75, 3.05) is 13.7 Å². The fourth-order valence-electron chi connectivity index (χ4n) is 2.66. The van der Waals surface area contributed by atoms with Crippen LogP contribution in [0, 0.1) is 0 Å². The van der Waals surface area contributed by atoms with Gasteiger partial charge in [0.15, 0.2) is 17.3 Å². The molecule has 2 aromatic rings. The van der Waals surface area contributed by atoms with E-state index in [0.29, 0.717) is 12.4 Å². The second-order valence-corrected chi connectivity index (χ2v) is 6.17. The van der Waals surface area contributed by atoms with Crippen LogP contribution in [0.25, 0.3) is 6.08 Å². The summed E-state index contributed by atoms with van der Waals surface area (Å²) >= 11 is 0. The maximum atomic E-state index is 12.2. The van der Waals surface area contributed by atoms with Gasteiger partial charge in [-0.25, -0.2) is 0 Å². The highest BCUT2D eigenvalue weighted by molar-refractivity contribution is 5.95. The van der Waals surface area contributed by atoms with Gasteiger partial charge in [-0.05, 0) is 47.0 Å². The first-order valence-corrected chi connectivity index (χ1v) is 8.63. The van der Waals surface area contributed by atoms with Crippen molar-refractivity contribution in [2.45, 2.75) is 12.8 Å². The molecule has 0 saturated carbocycles. The lowest BCUT2D eigenvalue weighted by Gasteiger charge is -2.07. The molecule has 0 spiro atoms. The Hall–Kier alpha value is -3.34. The Balaban J connectivity index is 1.57. The van der Waals surface area contributed by atoms with E-state index >= 15 is 0 Å². The zero-order valence-electron chi connectivity index (χ0n) is 15.1. The van der Waals surface area contributed by atoms with Crippen LogP contribution < -0.4 is 9.47 Å². The minimum absolute atomic E-state index is 0.0330. The van der Waals surface area contributed by atoms with Gasteiger partial charge in [-0.3, -0.25) is 9.79 Å². The van der Waals surface area contributed by atoms with Gasteiger partial charge in [0.25, 0.3) is 0 Å². The highest BCUT2D eigenvalue weighted by Crippen LogP contribution is 2.26. The molecule has 0 bridgehead atoms. The van der Waals surface area contributed by atoms with Crippen molar-refractivity contribution in [2.24, 2.45) is 4.99 Å². The molecule has 0 unspecified atom stereocenters. The first kappa shape index (κ1) is 18.5. The Morgan fingerprint density at radius 2 is 2.15 bits per heavy atom. The molecule has 5 heteroatoms. The van der Waals surface area contributed by atoms with E-state index in [-0.39, 0.29) is 18.0 Å². The third-order valence-corrected chi connectivity index (χ3v) is 4.08. The number of carbonyl (C=O) groups excluding carboxylic acids is 1. The average molecular weight is 363 g/mol. The number of hydrogen-bond acceptors (Lipinski definition) is 5. The van der Waals surface area contributed by atoms with E-state index < -0.39 is 0 Å². The fraction of sp³-hybridized carbons (Fsp3) is 0.182. The van der Waals surface area contributed by atoms with Crippen LogP contribution in [-0.4, -0.2) is 30.8 Å². The molecule has 1 N–H and O–H groups in total. The normalized spacial score (nSPS) is 13.0. The summed E-state index contributed by atoms with van der Waals surface area (Å²) in [6, 6.07) is 12.5. The summed E-state index contributed by atoms with van der Waals surface area (Å²) < 4.78 is 10.8. The molecule has 2 aromatic carbocycles. The van der Waals surface area contributed by atoms with Gasteiger partial charge in [0.05, 0.1) is 7.11 Å². The van der Waals surface area contributed by atoms with Crippen molar-refractivity contribution >= 4 is 18.1 Å². The van der Waals surface area contributed by atoms with Gasteiger partial charge in [-0.1, -0.05) is 24.3 Å². The predicted octanol–water partition coefficient (Wildman–Crippen LogP) is 3.96. The second-order valence-electron chi connectivity index (χ2n) is 6.17. The maximum absolute atomic E-state index is 12.2. The molecule has 27 heavy (non-hydrogen) atoms. The first-order chi connectivity index (χ1) is 13.1. The molecule has 1 heterocycles. The average Bonchev–Trinajstić information content (AvgIpc) is 3.19. The number of carbonyl (C=O) groups is 1. The third kappa shape index (κ3) is 5.31. The number of allylic oxidation sites excluding steroid dienone is 1. The van der Waals surface area contributed by atoms with Gasteiger partial charge in [-0.15, -0.1) is 0 Å². The number of phenols is 1. The minimum atomic E-state index is -0.0330. The number of phenolic OH excluding ortho intramolecular Hbond substituents is 1. The van der Waals surface area contributed by atoms with Crippen LogP contribution in [0.15, 0.2) is 65.3 Å². The number of benzene rings is 2. The quantitative estimate of drug-likeness (QED) is 0.721. The molecule has 0 aromatic heterocycles. The van der Waals surface area contributed by atoms with Crippen LogP contribution in [0.3, 0.4) is 0 Å². The number of aromatic hydroxyl groups is 1. The Bertz CT molecular complexity index is 912. The molecule has 0 atom stereocenters. The molecule has 0 radical (unpaired) electrons. The number of hydrogen-bond donors (Lipinski definition) is 1. The standard InChI is InChI=1S/C22H21NO4/c1-26-22-8-6-16(13-21(22)25)5-7-19(24)11-17-3-2-4-20(12-17)27-15-18-9-10-23-14-18/h2-8,10,12-14,25H,9,11,15H2,1H3/b7-5+. The number of ketones is 1. The monoisotopic (exact) mass is 363 g/mol. The summed E-state index contributed by atoms with van der Waals surface area (Å²) in [6.45, 7) is 0.498. The number of methoxy groups -OCH3 is 1. The van der Waals surface area contributed by atoms with Gasteiger partial charge in [0, 0.05) is 25.3 Å². The summed E-state index contributed by atoms with van der Waals surface area (Å²) in [5.41, 5.74) is 2.74. The molecule has 3 rings (SSSR count). The van der Waals surface area contributed by atoms with Crippen molar-refractivity contribution < 1.29 is 19.4 Å². The molecule has 138 valence electrons. The van der Waals surface area contributed by atoms with E-state index in [4.69, 9.17) is 9.47 Å². The molecular formula is C22H21NO4. The minimum Gasteiger partial charge on any atom is -0.504 e. The topological polar surface area (TPSA) is 68.1 Å². The highest BCUT2D eigenvalue weighted by Gasteiger charge is 2.05. The lowest BCUT2D eigenvalue weighted by atomic mass is 10.1. The predicted molar refractivity (Wildman–Crippen MR) is 106 cm³/mol. The van der Waals surface area contributed by atoms with Crippen LogP contribution in [0.4, 0.5) is 0 Å². The van der Waals surface area contributed by atoms with Crippen LogP contribution in [-0.2, 0) is 11.2 Å². The van der Waals surface area contributed by atoms with Crippen LogP contribution >= 0.6 is 0 Å². The van der Waals surface area contributed by atoms with Crippen LogP contribution in [0.2, 0.25) is 0 Å². The van der Waals surface area contributed by atoms with Crippen molar-refractivity contribution in [1.29, 1.82) is 0 Å². The van der Waals surface area contributed by atoms with Crippen LogP contribution in [0.5, 0.6) is 17.2 Å². The van der Waals surface area contributed by atoms with Gasteiger partial charge < -0.3 is 14.6 Å². The van der Waals surface area contributed by atoms with Crippen molar-refractivity contribution in [3.63, 3.8) is 0 Å². The van der Waals surface area contributed by atoms with E-state index in [1.54, 1.807) is 24.3 Å². The Morgan fingerprint density at radius 1 is 1.26 bits per heavy atom. The molecular weight excluding hydrogens is 342 g/mol. The number of nitrogens with zero attached hydrogens (tertiary/aromatic N) is 1. The largest absolute Gasteiger partial charge is 0.504 e. The van der Waals surface area contributed by atoms with E-state index in [0.717, 1.165) is 28.9 Å². The van der Waals surface area contributed by atoms with Crippen molar-refractivity contribution in [3.8, 4) is 17.2 Å². The molecule has 0 fully saturated rings. The third-order valence-electron chi connectivity index (χ3n) is 4.08. The number of rotatable bonds is 8. The fourth-order valence-corrected chi connectivity index (χ4v) is 2.66. The van der Waals surface area contributed by atoms with Crippen molar-refractivity contribution in [1.82, 2.24) is 0 Å². The summed E-state index contributed by atoms with van der Waals surface area (Å²) in [5, 5.41) is 9.78. The van der Waals surface area contributed by atoms with E-state index in [9.17, 15) is 9.90 Å². The molecule has 0 amide bonds. The lowest BCUT2D eigenvalue weighted by molar-refractivity contribution is -0.113. The zero-order valence-corrected chi connectivity index (χ0v) is 15.1. The molecule has 1 aliphatic rings. The van der Waals surface area contributed by atoms with E-state index in [2.05, 4.69) is 4.99 Å². The van der Waals surface area contributed by atoms with Crippen LogP contribution in [0.1, 0.15) is 17.5 Å². The lowest BCUT2D eigenvalue weighted by Crippen LogP contribution is -2.02. The van der Waals surface area contributed by atoms with Gasteiger partial charge in [-0.2, -0.15) is 0 Å². The van der Waals surface area contributed by atoms with Gasteiger partial charge in [0.1, 0.15) is 12.4 Å². The van der Waals surface area contributed by atoms with Crippen molar-refractivity contribution in [3.05, 3.63) is 71.4 Å². The molecule has 0 aliphatic carbocycles. The first-order valence-electron chi connectivity index (χ1n) is 8.63. The number of ether oxygens (including phenoxy) is 2. The summed E-state index contributed by atoms with van der Waals surface area (Å²) in [4.78, 5) is 16.3. The summed E-state index contributed by atoms with van der Waals surface area (Å²) in [6.07, 6.45) is 7.95. The summed E-state index contributed by atoms with van der Waals surface area (Å²) in [5.74, 6) is 1.14. The van der Waals surface area contributed by atoms with E-state index in [1.807, 2.05) is 36.7 Å². The summed E-state index contributed by atoms with van der Waals surface area (Å²) in [7, 11) is 1.49. The molecule has 0 saturated heterocycles. The van der Waals surface area contributed by atoms with E-state index in [1.165, 1.54) is 13.2 Å². The maximum Gasteiger partial charge on any atom is 0.160 e. The molecule has 5 nitrogen and oxygen atoms in total. The number of aliphatic imine (C=N–C) groups is 1. The Morgan fingerprint density at radius 3 is 2.89 bits per heavy atom. The Kier molecular flexibility index (Phi) is 6.05. The van der Waals surface area contributed by atoms with Gasteiger partial charge >= 0.3 is 0 Å². The highest BCUT2D eigenvalue weighted by atomic mass is 16.5. The SMILES string of the molecule is COc1ccc(/C=C/C(=O)Cc2cccc(OCC3=CN=CC3)c2)cc1O. The smallest absolute Gasteiger partial charge is 0.160 e. The zero-order chi connectivity index (χ0) is 19.1. The van der Waals surface area contributed by atoms with Gasteiger partial charge in [0.2, 0.25) is 0 Å². The Labute approximate surface area is 158 Å².